The van der Waals surface area contributed by atoms with E-state index in [1.807, 2.05) is 0 Å². The average molecular weight is 433 g/mol. The zero-order chi connectivity index (χ0) is 21.5. The third-order valence-corrected chi connectivity index (χ3v) is 5.12. The molecular weight excluding hydrogens is 408 g/mol. The number of carbonyl (C=O) groups excluding carboxylic acids is 2. The predicted octanol–water partition coefficient (Wildman–Crippen LogP) is 3.62. The van der Waals surface area contributed by atoms with Gasteiger partial charge in [0.25, 0.3) is 5.91 Å². The third kappa shape index (κ3) is 5.23. The van der Waals surface area contributed by atoms with Gasteiger partial charge in [0.05, 0.1) is 19.3 Å². The molecule has 1 heterocycles. The van der Waals surface area contributed by atoms with Crippen molar-refractivity contribution >= 4 is 29.1 Å². The molecule has 1 saturated heterocycles. The van der Waals surface area contributed by atoms with Crippen molar-refractivity contribution in [1.82, 2.24) is 4.90 Å². The molecule has 3 rings (SSSR count). The van der Waals surface area contributed by atoms with Crippen molar-refractivity contribution in [3.8, 4) is 11.5 Å². The van der Waals surface area contributed by atoms with Crippen LogP contribution in [-0.4, -0.2) is 56.7 Å². The number of nitrogens with zero attached hydrogens (tertiary/aromatic N) is 1. The van der Waals surface area contributed by atoms with E-state index in [0.717, 1.165) is 6.42 Å². The lowest BCUT2D eigenvalue weighted by molar-refractivity contribution is -0.119. The minimum atomic E-state index is -0.557. The fourth-order valence-electron chi connectivity index (χ4n) is 3.39. The second-order valence-electron chi connectivity index (χ2n) is 6.86. The highest BCUT2D eigenvalue weighted by molar-refractivity contribution is 6.31. The van der Waals surface area contributed by atoms with Crippen LogP contribution >= 0.6 is 11.6 Å². The first-order chi connectivity index (χ1) is 14.5. The van der Waals surface area contributed by atoms with Gasteiger partial charge in [-0.3, -0.25) is 9.59 Å². The summed E-state index contributed by atoms with van der Waals surface area (Å²) in [7, 11) is 3.11. The van der Waals surface area contributed by atoms with E-state index >= 15 is 0 Å². The van der Waals surface area contributed by atoms with Crippen LogP contribution in [0.25, 0.3) is 0 Å². The van der Waals surface area contributed by atoms with Gasteiger partial charge < -0.3 is 24.4 Å². The van der Waals surface area contributed by atoms with Crippen LogP contribution in [0.2, 0.25) is 5.02 Å². The molecule has 8 heteroatoms. The molecule has 160 valence electrons. The molecule has 1 fully saturated rings. The second-order valence-corrected chi connectivity index (χ2v) is 7.29. The molecular formula is C22H25ClN2O5. The van der Waals surface area contributed by atoms with Crippen LogP contribution in [-0.2, 0) is 9.53 Å². The van der Waals surface area contributed by atoms with E-state index in [-0.39, 0.29) is 11.8 Å². The number of halogens is 1. The van der Waals surface area contributed by atoms with Crippen molar-refractivity contribution in [2.75, 3.05) is 39.3 Å². The van der Waals surface area contributed by atoms with Crippen LogP contribution in [0.4, 0.5) is 5.69 Å². The molecule has 1 atom stereocenters. The van der Waals surface area contributed by atoms with Crippen LogP contribution < -0.4 is 14.8 Å². The standard InChI is InChI=1S/C22H25ClN2O5/c1-28-12-13-30-17-8-6-16(7-9-17)24-21(26)19-4-3-11-25(19)22(27)18-14-15(23)5-10-20(18)29-2/h5-10,14,19H,3-4,11-13H2,1-2H3,(H,24,26). The minimum Gasteiger partial charge on any atom is -0.496 e. The summed E-state index contributed by atoms with van der Waals surface area (Å²) in [5.41, 5.74) is 0.987. The summed E-state index contributed by atoms with van der Waals surface area (Å²) in [5.74, 6) is 0.624. The average Bonchev–Trinajstić information content (AvgIpc) is 3.25. The summed E-state index contributed by atoms with van der Waals surface area (Å²) in [6.45, 7) is 1.45. The molecule has 1 N–H and O–H groups in total. The molecule has 0 aromatic heterocycles. The smallest absolute Gasteiger partial charge is 0.258 e. The van der Waals surface area contributed by atoms with Crippen molar-refractivity contribution in [2.45, 2.75) is 18.9 Å². The molecule has 2 aromatic carbocycles. The fraction of sp³-hybridized carbons (Fsp3) is 0.364. The van der Waals surface area contributed by atoms with Gasteiger partial charge in [-0.05, 0) is 55.3 Å². The minimum absolute atomic E-state index is 0.227. The van der Waals surface area contributed by atoms with Crippen molar-refractivity contribution < 1.29 is 23.8 Å². The van der Waals surface area contributed by atoms with Crippen molar-refractivity contribution in [3.05, 3.63) is 53.1 Å². The highest BCUT2D eigenvalue weighted by Crippen LogP contribution is 2.28. The first kappa shape index (κ1) is 21.9. The van der Waals surface area contributed by atoms with Gasteiger partial charge in [-0.2, -0.15) is 0 Å². The Kier molecular flexibility index (Phi) is 7.54. The lowest BCUT2D eigenvalue weighted by atomic mass is 10.1. The van der Waals surface area contributed by atoms with Gasteiger partial charge in [-0.1, -0.05) is 11.6 Å². The SMILES string of the molecule is COCCOc1ccc(NC(=O)C2CCCN2C(=O)c2cc(Cl)ccc2OC)cc1. The second kappa shape index (κ2) is 10.3. The number of ether oxygens (including phenoxy) is 3. The number of nitrogens with one attached hydrogen (secondary N) is 1. The Hall–Kier alpha value is -2.77. The number of anilines is 1. The van der Waals surface area contributed by atoms with E-state index in [1.165, 1.54) is 7.11 Å². The van der Waals surface area contributed by atoms with Crippen molar-refractivity contribution in [2.24, 2.45) is 0 Å². The van der Waals surface area contributed by atoms with E-state index in [1.54, 1.807) is 54.5 Å². The molecule has 0 aliphatic carbocycles. The third-order valence-electron chi connectivity index (χ3n) is 4.89. The lowest BCUT2D eigenvalue weighted by Crippen LogP contribution is -2.43. The summed E-state index contributed by atoms with van der Waals surface area (Å²) < 4.78 is 15.8. The molecule has 0 saturated carbocycles. The molecule has 1 aliphatic heterocycles. The first-order valence-electron chi connectivity index (χ1n) is 9.70. The molecule has 1 unspecified atom stereocenters. The number of benzene rings is 2. The Morgan fingerprint density at radius 3 is 2.60 bits per heavy atom. The number of methoxy groups -OCH3 is 2. The van der Waals surface area contributed by atoms with Crippen LogP contribution in [0, 0.1) is 0 Å². The predicted molar refractivity (Wildman–Crippen MR) is 115 cm³/mol. The highest BCUT2D eigenvalue weighted by Gasteiger charge is 2.35. The topological polar surface area (TPSA) is 77.1 Å². The molecule has 30 heavy (non-hydrogen) atoms. The highest BCUT2D eigenvalue weighted by atomic mass is 35.5. The van der Waals surface area contributed by atoms with Crippen LogP contribution in [0.15, 0.2) is 42.5 Å². The number of hydrogen-bond acceptors (Lipinski definition) is 5. The lowest BCUT2D eigenvalue weighted by Gasteiger charge is -2.25. The largest absolute Gasteiger partial charge is 0.496 e. The van der Waals surface area contributed by atoms with E-state index in [2.05, 4.69) is 5.32 Å². The Balaban J connectivity index is 1.67. The number of hydrogen-bond donors (Lipinski definition) is 1. The molecule has 0 bridgehead atoms. The Labute approximate surface area is 180 Å². The molecule has 2 amide bonds. The molecule has 0 radical (unpaired) electrons. The molecule has 2 aromatic rings. The maximum absolute atomic E-state index is 13.1. The molecule has 1 aliphatic rings. The summed E-state index contributed by atoms with van der Waals surface area (Å²) >= 11 is 6.06. The van der Waals surface area contributed by atoms with Gasteiger partial charge >= 0.3 is 0 Å². The Morgan fingerprint density at radius 2 is 1.90 bits per heavy atom. The van der Waals surface area contributed by atoms with Gasteiger partial charge in [0.1, 0.15) is 24.1 Å². The first-order valence-corrected chi connectivity index (χ1v) is 10.1. The Bertz CT molecular complexity index is 888. The van der Waals surface area contributed by atoms with Crippen molar-refractivity contribution in [3.63, 3.8) is 0 Å². The number of rotatable bonds is 8. The van der Waals surface area contributed by atoms with Gasteiger partial charge in [0.15, 0.2) is 0 Å². The molecule has 7 nitrogen and oxygen atoms in total. The summed E-state index contributed by atoms with van der Waals surface area (Å²) in [4.78, 5) is 27.5. The maximum Gasteiger partial charge on any atom is 0.258 e. The maximum atomic E-state index is 13.1. The number of carbonyl (C=O) groups is 2. The van der Waals surface area contributed by atoms with E-state index in [9.17, 15) is 9.59 Å². The summed E-state index contributed by atoms with van der Waals surface area (Å²) in [6.07, 6.45) is 1.34. The van der Waals surface area contributed by atoms with Gasteiger partial charge in [-0.25, -0.2) is 0 Å². The van der Waals surface area contributed by atoms with E-state index < -0.39 is 6.04 Å². The monoisotopic (exact) mass is 432 g/mol. The normalized spacial score (nSPS) is 15.7. The van der Waals surface area contributed by atoms with Crippen LogP contribution in [0.1, 0.15) is 23.2 Å². The van der Waals surface area contributed by atoms with Crippen molar-refractivity contribution in [1.29, 1.82) is 0 Å². The van der Waals surface area contributed by atoms with E-state index in [4.69, 9.17) is 25.8 Å². The zero-order valence-electron chi connectivity index (χ0n) is 17.0. The van der Waals surface area contributed by atoms with E-state index in [0.29, 0.717) is 54.0 Å². The number of amides is 2. The fourth-order valence-corrected chi connectivity index (χ4v) is 3.56. The van der Waals surface area contributed by atoms with Crippen LogP contribution in [0.5, 0.6) is 11.5 Å². The quantitative estimate of drug-likeness (QED) is 0.645. The zero-order valence-corrected chi connectivity index (χ0v) is 17.8. The number of likely N-dealkylation sites (tertiary alicyclic amines) is 1. The van der Waals surface area contributed by atoms with Gasteiger partial charge in [0.2, 0.25) is 5.91 Å². The summed E-state index contributed by atoms with van der Waals surface area (Å²) in [6, 6.07) is 11.4. The Morgan fingerprint density at radius 1 is 1.13 bits per heavy atom. The van der Waals surface area contributed by atoms with Crippen LogP contribution in [0.3, 0.4) is 0 Å². The summed E-state index contributed by atoms with van der Waals surface area (Å²) in [5, 5.41) is 3.32. The van der Waals surface area contributed by atoms with Gasteiger partial charge in [0, 0.05) is 24.4 Å². The van der Waals surface area contributed by atoms with Gasteiger partial charge in [-0.15, -0.1) is 0 Å². The molecule has 0 spiro atoms.